The maximum atomic E-state index is 13.0. The molecule has 0 saturated carbocycles. The second-order valence-corrected chi connectivity index (χ2v) is 5.99. The van der Waals surface area contributed by atoms with E-state index in [0.717, 1.165) is 11.3 Å². The average molecular weight is 343 g/mol. The molecule has 2 aromatic rings. The van der Waals surface area contributed by atoms with Crippen molar-refractivity contribution in [2.45, 2.75) is 13.5 Å². The Balaban J connectivity index is 1.97. The topological polar surface area (TPSA) is 52.7 Å². The molecule has 0 aromatic heterocycles. The summed E-state index contributed by atoms with van der Waals surface area (Å²) in [5.74, 6) is -0.839. The summed E-state index contributed by atoms with van der Waals surface area (Å²) >= 11 is 0. The summed E-state index contributed by atoms with van der Waals surface area (Å²) in [5, 5.41) is 2.78. The maximum absolute atomic E-state index is 13.0. The minimum atomic E-state index is -0.336. The molecule has 5 nitrogen and oxygen atoms in total. The molecule has 0 aliphatic carbocycles. The van der Waals surface area contributed by atoms with E-state index < -0.39 is 0 Å². The standard InChI is InChI=1S/C19H22FN3O2/c1-14(24)23(12-15-4-6-16(20)7-5-15)13-19(25)21-17-8-10-18(11-9-17)22(2)3/h4-11H,12-13H2,1-3H3,(H,21,25). The zero-order chi connectivity index (χ0) is 18.4. The monoisotopic (exact) mass is 343 g/mol. The van der Waals surface area contributed by atoms with Crippen LogP contribution in [0.15, 0.2) is 48.5 Å². The second kappa shape index (κ2) is 8.28. The number of halogens is 1. The highest BCUT2D eigenvalue weighted by Crippen LogP contribution is 2.15. The van der Waals surface area contributed by atoms with Gasteiger partial charge in [-0.05, 0) is 42.0 Å². The third-order valence-corrected chi connectivity index (χ3v) is 3.73. The lowest BCUT2D eigenvalue weighted by Gasteiger charge is -2.21. The molecule has 0 heterocycles. The fourth-order valence-electron chi connectivity index (χ4n) is 2.31. The Bertz CT molecular complexity index is 727. The molecule has 0 atom stereocenters. The van der Waals surface area contributed by atoms with E-state index in [1.165, 1.54) is 24.0 Å². The Kier molecular flexibility index (Phi) is 6.11. The minimum absolute atomic E-state index is 0.0673. The van der Waals surface area contributed by atoms with Gasteiger partial charge in [0.05, 0.1) is 0 Å². The summed E-state index contributed by atoms with van der Waals surface area (Å²) in [6, 6.07) is 13.3. The predicted octanol–water partition coefficient (Wildman–Crippen LogP) is 2.88. The first-order valence-electron chi connectivity index (χ1n) is 7.92. The van der Waals surface area contributed by atoms with Crippen LogP contribution in [0.1, 0.15) is 12.5 Å². The van der Waals surface area contributed by atoms with Crippen LogP contribution in [0.2, 0.25) is 0 Å². The molecule has 2 amide bonds. The van der Waals surface area contributed by atoms with Crippen molar-refractivity contribution in [2.75, 3.05) is 30.9 Å². The number of carbonyl (C=O) groups is 2. The van der Waals surface area contributed by atoms with Crippen molar-refractivity contribution >= 4 is 23.2 Å². The lowest BCUT2D eigenvalue weighted by Crippen LogP contribution is -2.36. The Labute approximate surface area is 147 Å². The smallest absolute Gasteiger partial charge is 0.244 e. The van der Waals surface area contributed by atoms with E-state index in [-0.39, 0.29) is 30.7 Å². The number of carbonyl (C=O) groups excluding carboxylic acids is 2. The Hall–Kier alpha value is -2.89. The van der Waals surface area contributed by atoms with Gasteiger partial charge < -0.3 is 15.1 Å². The van der Waals surface area contributed by atoms with E-state index >= 15 is 0 Å². The molecule has 0 fully saturated rings. The first kappa shape index (κ1) is 18.4. The SMILES string of the molecule is CC(=O)N(CC(=O)Nc1ccc(N(C)C)cc1)Cc1ccc(F)cc1. The number of nitrogens with zero attached hydrogens (tertiary/aromatic N) is 2. The van der Waals surface area contributed by atoms with Gasteiger partial charge in [-0.3, -0.25) is 9.59 Å². The molecule has 0 radical (unpaired) electrons. The highest BCUT2D eigenvalue weighted by atomic mass is 19.1. The Morgan fingerprint density at radius 3 is 2.12 bits per heavy atom. The van der Waals surface area contributed by atoms with Crippen molar-refractivity contribution in [1.29, 1.82) is 0 Å². The van der Waals surface area contributed by atoms with Crippen molar-refractivity contribution < 1.29 is 14.0 Å². The highest BCUT2D eigenvalue weighted by molar-refractivity contribution is 5.94. The normalized spacial score (nSPS) is 10.2. The number of nitrogens with one attached hydrogen (secondary N) is 1. The van der Waals surface area contributed by atoms with Gasteiger partial charge in [-0.15, -0.1) is 0 Å². The van der Waals surface area contributed by atoms with E-state index in [1.54, 1.807) is 12.1 Å². The summed E-state index contributed by atoms with van der Waals surface area (Å²) in [6.07, 6.45) is 0. The molecule has 6 heteroatoms. The maximum Gasteiger partial charge on any atom is 0.244 e. The molecule has 132 valence electrons. The summed E-state index contributed by atoms with van der Waals surface area (Å²) in [6.45, 7) is 1.59. The molecule has 0 spiro atoms. The van der Waals surface area contributed by atoms with Crippen LogP contribution in [0.3, 0.4) is 0 Å². The van der Waals surface area contributed by atoms with Crippen molar-refractivity contribution in [3.05, 3.63) is 59.9 Å². The summed E-state index contributed by atoms with van der Waals surface area (Å²) < 4.78 is 13.0. The van der Waals surface area contributed by atoms with Gasteiger partial charge in [0.25, 0.3) is 0 Å². The van der Waals surface area contributed by atoms with E-state index in [9.17, 15) is 14.0 Å². The largest absolute Gasteiger partial charge is 0.378 e. The van der Waals surface area contributed by atoms with Crippen molar-refractivity contribution in [3.63, 3.8) is 0 Å². The number of hydrogen-bond acceptors (Lipinski definition) is 3. The van der Waals surface area contributed by atoms with Crippen molar-refractivity contribution in [1.82, 2.24) is 4.90 Å². The van der Waals surface area contributed by atoms with Gasteiger partial charge in [0, 0.05) is 38.9 Å². The van der Waals surface area contributed by atoms with Crippen LogP contribution in [0.25, 0.3) is 0 Å². The number of amides is 2. The number of anilines is 2. The minimum Gasteiger partial charge on any atom is -0.378 e. The van der Waals surface area contributed by atoms with Gasteiger partial charge in [0.2, 0.25) is 11.8 Å². The van der Waals surface area contributed by atoms with Gasteiger partial charge in [-0.2, -0.15) is 0 Å². The average Bonchev–Trinajstić information content (AvgIpc) is 2.56. The summed E-state index contributed by atoms with van der Waals surface area (Å²) in [4.78, 5) is 27.4. The molecule has 0 saturated heterocycles. The first-order valence-corrected chi connectivity index (χ1v) is 7.92. The molecule has 0 aliphatic rings. The lowest BCUT2D eigenvalue weighted by molar-refractivity contribution is -0.133. The summed E-state index contributed by atoms with van der Waals surface area (Å²) in [5.41, 5.74) is 2.46. The van der Waals surface area contributed by atoms with Crippen molar-refractivity contribution in [3.8, 4) is 0 Å². The van der Waals surface area contributed by atoms with Crippen LogP contribution < -0.4 is 10.2 Å². The van der Waals surface area contributed by atoms with Crippen LogP contribution in [0.5, 0.6) is 0 Å². The summed E-state index contributed by atoms with van der Waals surface area (Å²) in [7, 11) is 3.88. The molecule has 25 heavy (non-hydrogen) atoms. The molecule has 2 aromatic carbocycles. The van der Waals surface area contributed by atoms with Crippen LogP contribution in [-0.4, -0.2) is 37.4 Å². The molecule has 1 N–H and O–H groups in total. The zero-order valence-corrected chi connectivity index (χ0v) is 14.6. The van der Waals surface area contributed by atoms with Gasteiger partial charge >= 0.3 is 0 Å². The zero-order valence-electron chi connectivity index (χ0n) is 14.6. The van der Waals surface area contributed by atoms with E-state index in [0.29, 0.717) is 5.69 Å². The highest BCUT2D eigenvalue weighted by Gasteiger charge is 2.14. The fraction of sp³-hybridized carbons (Fsp3) is 0.263. The van der Waals surface area contributed by atoms with Gasteiger partial charge in [-0.25, -0.2) is 4.39 Å². The van der Waals surface area contributed by atoms with E-state index in [1.807, 2.05) is 43.3 Å². The van der Waals surface area contributed by atoms with Gasteiger partial charge in [0.15, 0.2) is 0 Å². The Morgan fingerprint density at radius 2 is 1.60 bits per heavy atom. The molecule has 0 aliphatic heterocycles. The number of benzene rings is 2. The van der Waals surface area contributed by atoms with E-state index in [2.05, 4.69) is 5.32 Å². The number of hydrogen-bond donors (Lipinski definition) is 1. The van der Waals surface area contributed by atoms with E-state index in [4.69, 9.17) is 0 Å². The lowest BCUT2D eigenvalue weighted by atomic mass is 10.2. The van der Waals surface area contributed by atoms with Crippen LogP contribution >= 0.6 is 0 Å². The van der Waals surface area contributed by atoms with Crippen LogP contribution in [-0.2, 0) is 16.1 Å². The third kappa shape index (κ3) is 5.60. The predicted molar refractivity (Wildman–Crippen MR) is 96.9 cm³/mol. The molecule has 2 rings (SSSR count). The van der Waals surface area contributed by atoms with Gasteiger partial charge in [-0.1, -0.05) is 12.1 Å². The van der Waals surface area contributed by atoms with Crippen LogP contribution in [0.4, 0.5) is 15.8 Å². The third-order valence-electron chi connectivity index (χ3n) is 3.73. The van der Waals surface area contributed by atoms with Crippen LogP contribution in [0, 0.1) is 5.82 Å². The molecule has 0 bridgehead atoms. The van der Waals surface area contributed by atoms with Gasteiger partial charge in [0.1, 0.15) is 12.4 Å². The quantitative estimate of drug-likeness (QED) is 0.877. The van der Waals surface area contributed by atoms with Crippen molar-refractivity contribution in [2.24, 2.45) is 0 Å². The molecular formula is C19H22FN3O2. The first-order chi connectivity index (χ1) is 11.8. The second-order valence-electron chi connectivity index (χ2n) is 5.99. The molecule has 0 unspecified atom stereocenters. The fourth-order valence-corrected chi connectivity index (χ4v) is 2.31. The molecular weight excluding hydrogens is 321 g/mol. The Morgan fingerprint density at radius 1 is 1.00 bits per heavy atom. The number of rotatable bonds is 6.